The molecule has 0 aliphatic carbocycles. The number of nitrogens with zero attached hydrogens (tertiary/aromatic N) is 4. The maximum absolute atomic E-state index is 13.3. The third-order valence-electron chi connectivity index (χ3n) is 4.59. The van der Waals surface area contributed by atoms with Crippen LogP contribution in [0.4, 0.5) is 18.3 Å². The highest BCUT2D eigenvalue weighted by Gasteiger charge is 2.31. The summed E-state index contributed by atoms with van der Waals surface area (Å²) in [6.45, 7) is -0.0944. The number of nitrogens with one attached hydrogen (secondary N) is 2. The Morgan fingerprint density at radius 3 is 2.57 bits per heavy atom. The number of hydrogen-bond donors (Lipinski definition) is 2. The van der Waals surface area contributed by atoms with Crippen LogP contribution in [0, 0.1) is 0 Å². The lowest BCUT2D eigenvalue weighted by atomic mass is 10.2. The topological polar surface area (TPSA) is 102 Å². The number of anilines is 1. The molecule has 0 saturated heterocycles. The van der Waals surface area contributed by atoms with Crippen LogP contribution < -0.4 is 10.6 Å². The zero-order valence-corrected chi connectivity index (χ0v) is 19.5. The molecule has 0 atom stereocenters. The molecule has 0 fully saturated rings. The van der Waals surface area contributed by atoms with Gasteiger partial charge in [0.15, 0.2) is 16.1 Å². The molecule has 0 aliphatic rings. The van der Waals surface area contributed by atoms with E-state index in [1.807, 2.05) is 0 Å². The van der Waals surface area contributed by atoms with E-state index in [0.717, 1.165) is 23.9 Å². The molecule has 4 rings (SSSR count). The highest BCUT2D eigenvalue weighted by atomic mass is 32.2. The first-order valence-electron chi connectivity index (χ1n) is 10.1. The number of hydrogen-bond acceptors (Lipinski definition) is 7. The minimum absolute atomic E-state index is 0.0763. The number of aromatic nitrogens is 4. The largest absolute Gasteiger partial charge is 0.416 e. The quantitative estimate of drug-likeness (QED) is 0.335. The smallest absolute Gasteiger partial charge is 0.345 e. The van der Waals surface area contributed by atoms with Crippen LogP contribution in [-0.2, 0) is 17.5 Å². The molecule has 0 unspecified atom stereocenters. The third-order valence-corrected chi connectivity index (χ3v) is 6.20. The fraction of sp³-hybridized carbons (Fsp3) is 0.136. The fourth-order valence-corrected chi connectivity index (χ4v) is 4.33. The Morgan fingerprint density at radius 1 is 1.06 bits per heavy atom. The molecule has 0 saturated carbocycles. The van der Waals surface area contributed by atoms with Crippen LogP contribution in [0.2, 0.25) is 0 Å². The Bertz CT molecular complexity index is 1310. The molecular formula is C22H17F3N6O2S2. The Hall–Kier alpha value is -3.71. The van der Waals surface area contributed by atoms with Crippen molar-refractivity contribution in [1.29, 1.82) is 0 Å². The molecule has 35 heavy (non-hydrogen) atoms. The maximum atomic E-state index is 13.3. The first-order chi connectivity index (χ1) is 16.8. The number of thiazole rings is 1. The van der Waals surface area contributed by atoms with Gasteiger partial charge in [0.2, 0.25) is 5.91 Å². The molecule has 0 aliphatic heterocycles. The van der Waals surface area contributed by atoms with Gasteiger partial charge in [0.05, 0.1) is 23.5 Å². The summed E-state index contributed by atoms with van der Waals surface area (Å²) in [7, 11) is 0. The van der Waals surface area contributed by atoms with Crippen molar-refractivity contribution >= 4 is 40.0 Å². The minimum atomic E-state index is -4.55. The van der Waals surface area contributed by atoms with Gasteiger partial charge < -0.3 is 10.6 Å². The van der Waals surface area contributed by atoms with Gasteiger partial charge in [-0.15, -0.1) is 21.5 Å². The second-order valence-corrected chi connectivity index (χ2v) is 8.84. The van der Waals surface area contributed by atoms with Crippen LogP contribution >= 0.6 is 23.1 Å². The second-order valence-electron chi connectivity index (χ2n) is 7.01. The number of thioether (sulfide) groups is 1. The van der Waals surface area contributed by atoms with Gasteiger partial charge in [-0.1, -0.05) is 36.0 Å². The van der Waals surface area contributed by atoms with Gasteiger partial charge in [0.1, 0.15) is 0 Å². The van der Waals surface area contributed by atoms with Crippen LogP contribution in [0.3, 0.4) is 0 Å². The zero-order chi connectivity index (χ0) is 24.8. The second kappa shape index (κ2) is 10.7. The van der Waals surface area contributed by atoms with Gasteiger partial charge in [0, 0.05) is 17.1 Å². The van der Waals surface area contributed by atoms with Crippen molar-refractivity contribution in [3.63, 3.8) is 0 Å². The van der Waals surface area contributed by atoms with E-state index in [9.17, 15) is 22.8 Å². The van der Waals surface area contributed by atoms with E-state index in [1.165, 1.54) is 28.0 Å². The third kappa shape index (κ3) is 6.25. The Morgan fingerprint density at radius 2 is 1.86 bits per heavy atom. The van der Waals surface area contributed by atoms with E-state index in [-0.39, 0.29) is 40.8 Å². The lowest BCUT2D eigenvalue weighted by molar-refractivity contribution is -0.137. The molecular weight excluding hydrogens is 501 g/mol. The van der Waals surface area contributed by atoms with Crippen LogP contribution in [0.15, 0.2) is 71.3 Å². The van der Waals surface area contributed by atoms with E-state index >= 15 is 0 Å². The SMILES string of the molecule is O=C(CSc1nnc(CNC(=O)c2ccccc2)n1-c1cccc(C(F)(F)F)c1)Nc1nccs1. The van der Waals surface area contributed by atoms with Crippen molar-refractivity contribution in [1.82, 2.24) is 25.1 Å². The van der Waals surface area contributed by atoms with Crippen LogP contribution in [0.5, 0.6) is 0 Å². The maximum Gasteiger partial charge on any atom is 0.416 e. The highest BCUT2D eigenvalue weighted by molar-refractivity contribution is 7.99. The number of carbonyl (C=O) groups excluding carboxylic acids is 2. The van der Waals surface area contributed by atoms with Gasteiger partial charge in [-0.25, -0.2) is 4.98 Å². The minimum Gasteiger partial charge on any atom is -0.345 e. The fourth-order valence-electron chi connectivity index (χ4n) is 3.01. The van der Waals surface area contributed by atoms with Gasteiger partial charge in [-0.2, -0.15) is 13.2 Å². The van der Waals surface area contributed by atoms with Gasteiger partial charge in [0.25, 0.3) is 5.91 Å². The molecule has 13 heteroatoms. The monoisotopic (exact) mass is 518 g/mol. The van der Waals surface area contributed by atoms with Gasteiger partial charge in [-0.3, -0.25) is 14.2 Å². The van der Waals surface area contributed by atoms with E-state index in [2.05, 4.69) is 25.8 Å². The van der Waals surface area contributed by atoms with E-state index in [4.69, 9.17) is 0 Å². The van der Waals surface area contributed by atoms with Crippen LogP contribution in [0.25, 0.3) is 5.69 Å². The van der Waals surface area contributed by atoms with Crippen molar-refractivity contribution in [2.24, 2.45) is 0 Å². The standard InChI is InChI=1S/C22H17F3N6O2S2/c23-22(24,25)15-7-4-8-16(11-15)31-17(12-27-19(33)14-5-2-1-3-6-14)29-30-21(31)35-13-18(32)28-20-26-9-10-34-20/h1-11H,12-13H2,(H,27,33)(H,26,28,32). The molecule has 2 heterocycles. The molecule has 0 bridgehead atoms. The first-order valence-corrected chi connectivity index (χ1v) is 11.9. The zero-order valence-electron chi connectivity index (χ0n) is 17.8. The summed E-state index contributed by atoms with van der Waals surface area (Å²) in [5.41, 5.74) is -0.275. The van der Waals surface area contributed by atoms with Crippen molar-refractivity contribution in [2.45, 2.75) is 17.9 Å². The summed E-state index contributed by atoms with van der Waals surface area (Å²) >= 11 is 2.25. The van der Waals surface area contributed by atoms with Crippen molar-refractivity contribution < 1.29 is 22.8 Å². The number of alkyl halides is 3. The highest BCUT2D eigenvalue weighted by Crippen LogP contribution is 2.31. The van der Waals surface area contributed by atoms with E-state index < -0.39 is 11.7 Å². The number of halogens is 3. The molecule has 2 N–H and O–H groups in total. The predicted molar refractivity (Wildman–Crippen MR) is 125 cm³/mol. The molecule has 0 radical (unpaired) electrons. The Kier molecular flexibility index (Phi) is 7.46. The van der Waals surface area contributed by atoms with E-state index in [0.29, 0.717) is 10.7 Å². The lowest BCUT2D eigenvalue weighted by Crippen LogP contribution is -2.24. The lowest BCUT2D eigenvalue weighted by Gasteiger charge is -2.13. The average Bonchev–Trinajstić information content (AvgIpc) is 3.51. The summed E-state index contributed by atoms with van der Waals surface area (Å²) in [4.78, 5) is 28.7. The molecule has 2 amide bonds. The molecule has 2 aromatic carbocycles. The Balaban J connectivity index is 1.58. The first kappa shape index (κ1) is 24.4. The van der Waals surface area contributed by atoms with Crippen molar-refractivity contribution in [2.75, 3.05) is 11.1 Å². The normalized spacial score (nSPS) is 11.3. The Labute approximate surface area is 205 Å². The summed E-state index contributed by atoms with van der Waals surface area (Å²) in [5, 5.41) is 15.8. The molecule has 0 spiro atoms. The molecule has 2 aromatic heterocycles. The van der Waals surface area contributed by atoms with Crippen molar-refractivity contribution in [3.8, 4) is 5.69 Å². The number of amides is 2. The molecule has 4 aromatic rings. The summed E-state index contributed by atoms with van der Waals surface area (Å²) in [6.07, 6.45) is -3.00. The number of rotatable bonds is 8. The van der Waals surface area contributed by atoms with Gasteiger partial charge in [-0.05, 0) is 30.3 Å². The summed E-state index contributed by atoms with van der Waals surface area (Å²) < 4.78 is 41.4. The van der Waals surface area contributed by atoms with Gasteiger partial charge >= 0.3 is 6.18 Å². The van der Waals surface area contributed by atoms with Crippen LogP contribution in [0.1, 0.15) is 21.7 Å². The molecule has 8 nitrogen and oxygen atoms in total. The predicted octanol–water partition coefficient (Wildman–Crippen LogP) is 4.40. The summed E-state index contributed by atoms with van der Waals surface area (Å²) in [6, 6.07) is 13.1. The number of benzene rings is 2. The average molecular weight is 519 g/mol. The molecule has 180 valence electrons. The van der Waals surface area contributed by atoms with Crippen LogP contribution in [-0.4, -0.2) is 37.3 Å². The van der Waals surface area contributed by atoms with Crippen molar-refractivity contribution in [3.05, 3.63) is 83.1 Å². The summed E-state index contributed by atoms with van der Waals surface area (Å²) in [5.74, 6) is -0.604. The number of carbonyl (C=O) groups is 2. The van der Waals surface area contributed by atoms with E-state index in [1.54, 1.807) is 41.9 Å².